The molecule has 0 aromatic heterocycles. The lowest BCUT2D eigenvalue weighted by Gasteiger charge is -2.34. The fourth-order valence-electron chi connectivity index (χ4n) is 2.28. The van der Waals surface area contributed by atoms with Crippen LogP contribution >= 0.6 is 15.9 Å². The monoisotopic (exact) mass is 317 g/mol. The second-order valence-corrected chi connectivity index (χ2v) is 6.58. The lowest BCUT2D eigenvalue weighted by Crippen LogP contribution is -2.46. The molecule has 0 amide bonds. The Labute approximate surface area is 117 Å². The molecule has 0 aliphatic heterocycles. The molecule has 18 heavy (non-hydrogen) atoms. The van der Waals surface area contributed by atoms with Crippen LogP contribution in [0.15, 0.2) is 22.7 Å². The summed E-state index contributed by atoms with van der Waals surface area (Å²) >= 11 is 3.28. The molecular formula is C14H21BrFNO. The third-order valence-corrected chi connectivity index (χ3v) is 3.35. The summed E-state index contributed by atoms with van der Waals surface area (Å²) in [6.07, 6.45) is 0.520. The van der Waals surface area contributed by atoms with Crippen LogP contribution in [0, 0.1) is 11.2 Å². The molecule has 1 aromatic rings. The van der Waals surface area contributed by atoms with E-state index in [-0.39, 0.29) is 23.4 Å². The van der Waals surface area contributed by atoms with E-state index >= 15 is 0 Å². The summed E-state index contributed by atoms with van der Waals surface area (Å²) in [7, 11) is 1.66. The Morgan fingerprint density at radius 1 is 1.33 bits per heavy atom. The Bertz CT molecular complexity index is 383. The van der Waals surface area contributed by atoms with Gasteiger partial charge in [-0.05, 0) is 35.6 Å². The van der Waals surface area contributed by atoms with Crippen LogP contribution in [0.1, 0.15) is 26.3 Å². The van der Waals surface area contributed by atoms with Crippen LogP contribution in [-0.2, 0) is 11.2 Å². The van der Waals surface area contributed by atoms with E-state index in [0.717, 1.165) is 10.0 Å². The zero-order valence-corrected chi connectivity index (χ0v) is 12.9. The Morgan fingerprint density at radius 3 is 2.39 bits per heavy atom. The minimum absolute atomic E-state index is 0.0429. The molecular weight excluding hydrogens is 297 g/mol. The quantitative estimate of drug-likeness (QED) is 0.922. The fraction of sp³-hybridized carbons (Fsp3) is 0.571. The molecule has 0 heterocycles. The third kappa shape index (κ3) is 4.34. The van der Waals surface area contributed by atoms with Gasteiger partial charge in [0.1, 0.15) is 5.82 Å². The van der Waals surface area contributed by atoms with Crippen LogP contribution < -0.4 is 5.73 Å². The number of halogens is 2. The van der Waals surface area contributed by atoms with Gasteiger partial charge in [-0.3, -0.25) is 0 Å². The summed E-state index contributed by atoms with van der Waals surface area (Å²) in [6, 6.07) is 4.67. The van der Waals surface area contributed by atoms with Gasteiger partial charge in [-0.2, -0.15) is 0 Å². The first-order valence-corrected chi connectivity index (χ1v) is 6.76. The van der Waals surface area contributed by atoms with Gasteiger partial charge >= 0.3 is 0 Å². The van der Waals surface area contributed by atoms with Crippen molar-refractivity contribution in [1.29, 1.82) is 0 Å². The topological polar surface area (TPSA) is 35.2 Å². The zero-order valence-electron chi connectivity index (χ0n) is 11.3. The number of nitrogens with two attached hydrogens (primary N) is 1. The zero-order chi connectivity index (χ0) is 13.9. The van der Waals surface area contributed by atoms with Gasteiger partial charge in [-0.15, -0.1) is 0 Å². The van der Waals surface area contributed by atoms with Gasteiger partial charge in [0.25, 0.3) is 0 Å². The number of rotatable bonds is 4. The normalized spacial score (nSPS) is 15.5. The lowest BCUT2D eigenvalue weighted by molar-refractivity contribution is -0.00166. The van der Waals surface area contributed by atoms with Gasteiger partial charge in [-0.1, -0.05) is 36.7 Å². The molecule has 102 valence electrons. The maximum atomic E-state index is 13.3. The predicted octanol–water partition coefficient (Wildman–Crippen LogP) is 3.52. The predicted molar refractivity (Wildman–Crippen MR) is 76.0 cm³/mol. The van der Waals surface area contributed by atoms with Gasteiger partial charge in [0.15, 0.2) is 0 Å². The van der Waals surface area contributed by atoms with Gasteiger partial charge < -0.3 is 10.5 Å². The Balaban J connectivity index is 2.83. The first-order chi connectivity index (χ1) is 8.24. The highest BCUT2D eigenvalue weighted by atomic mass is 79.9. The average molecular weight is 318 g/mol. The number of hydrogen-bond donors (Lipinski definition) is 1. The molecule has 1 rings (SSSR count). The summed E-state index contributed by atoms with van der Waals surface area (Å²) in [6.45, 7) is 6.26. The molecule has 0 spiro atoms. The summed E-state index contributed by atoms with van der Waals surface area (Å²) in [5, 5.41) is 0. The molecule has 0 aliphatic rings. The standard InChI is InChI=1S/C14H21BrFNO/c1-14(2,3)13(18-4)12(17)7-9-5-10(15)8-11(16)6-9/h5-6,8,12-13H,7,17H2,1-4H3. The van der Waals surface area contributed by atoms with Gasteiger partial charge in [-0.25, -0.2) is 4.39 Å². The van der Waals surface area contributed by atoms with Crippen molar-refractivity contribution in [3.8, 4) is 0 Å². The summed E-state index contributed by atoms with van der Waals surface area (Å²) in [5.74, 6) is -0.253. The van der Waals surface area contributed by atoms with Crippen molar-refractivity contribution >= 4 is 15.9 Å². The Morgan fingerprint density at radius 2 is 1.94 bits per heavy atom. The molecule has 2 N–H and O–H groups in total. The molecule has 0 saturated carbocycles. The lowest BCUT2D eigenvalue weighted by atomic mass is 9.83. The van der Waals surface area contributed by atoms with E-state index in [1.54, 1.807) is 7.11 Å². The molecule has 2 atom stereocenters. The van der Waals surface area contributed by atoms with Crippen LogP contribution in [0.2, 0.25) is 0 Å². The van der Waals surface area contributed by atoms with Crippen molar-refractivity contribution < 1.29 is 9.13 Å². The van der Waals surface area contributed by atoms with Gasteiger partial charge in [0, 0.05) is 17.6 Å². The van der Waals surface area contributed by atoms with Crippen LogP contribution in [0.3, 0.4) is 0 Å². The summed E-state index contributed by atoms with van der Waals surface area (Å²) in [4.78, 5) is 0. The second-order valence-electron chi connectivity index (χ2n) is 5.67. The Kier molecular flexibility index (Phi) is 5.32. The molecule has 1 aromatic carbocycles. The molecule has 0 saturated heterocycles. The van der Waals surface area contributed by atoms with Gasteiger partial charge in [0.05, 0.1) is 6.10 Å². The van der Waals surface area contributed by atoms with Gasteiger partial charge in [0.2, 0.25) is 0 Å². The molecule has 0 aliphatic carbocycles. The van der Waals surface area contributed by atoms with E-state index in [4.69, 9.17) is 10.5 Å². The van der Waals surface area contributed by atoms with E-state index < -0.39 is 0 Å². The molecule has 2 unspecified atom stereocenters. The van der Waals surface area contributed by atoms with Crippen molar-refractivity contribution in [2.75, 3.05) is 7.11 Å². The maximum absolute atomic E-state index is 13.3. The average Bonchev–Trinajstić information content (AvgIpc) is 2.13. The first kappa shape index (κ1) is 15.6. The van der Waals surface area contributed by atoms with Crippen molar-refractivity contribution in [3.05, 3.63) is 34.1 Å². The Hall–Kier alpha value is -0.450. The van der Waals surface area contributed by atoms with E-state index in [1.165, 1.54) is 12.1 Å². The van der Waals surface area contributed by atoms with Crippen LogP contribution in [0.5, 0.6) is 0 Å². The number of ether oxygens (including phenoxy) is 1. The van der Waals surface area contributed by atoms with E-state index in [2.05, 4.69) is 36.7 Å². The van der Waals surface area contributed by atoms with Crippen LogP contribution in [0.4, 0.5) is 4.39 Å². The molecule has 2 nitrogen and oxygen atoms in total. The number of benzene rings is 1. The number of methoxy groups -OCH3 is 1. The SMILES string of the molecule is COC(C(N)Cc1cc(F)cc(Br)c1)C(C)(C)C. The molecule has 0 bridgehead atoms. The highest BCUT2D eigenvalue weighted by molar-refractivity contribution is 9.10. The van der Waals surface area contributed by atoms with Crippen molar-refractivity contribution in [2.24, 2.45) is 11.1 Å². The summed E-state index contributed by atoms with van der Waals surface area (Å²) < 4.78 is 19.5. The smallest absolute Gasteiger partial charge is 0.124 e. The highest BCUT2D eigenvalue weighted by Crippen LogP contribution is 2.26. The second kappa shape index (κ2) is 6.13. The molecule has 4 heteroatoms. The maximum Gasteiger partial charge on any atom is 0.124 e. The van der Waals surface area contributed by atoms with Crippen LogP contribution in [-0.4, -0.2) is 19.3 Å². The fourth-order valence-corrected chi connectivity index (χ4v) is 2.79. The minimum atomic E-state index is -0.253. The van der Waals surface area contributed by atoms with Crippen molar-refractivity contribution in [2.45, 2.75) is 39.3 Å². The number of hydrogen-bond acceptors (Lipinski definition) is 2. The van der Waals surface area contributed by atoms with Crippen molar-refractivity contribution in [3.63, 3.8) is 0 Å². The largest absolute Gasteiger partial charge is 0.379 e. The first-order valence-electron chi connectivity index (χ1n) is 5.97. The minimum Gasteiger partial charge on any atom is -0.379 e. The van der Waals surface area contributed by atoms with E-state index in [1.807, 2.05) is 6.07 Å². The molecule has 0 fully saturated rings. The van der Waals surface area contributed by atoms with E-state index in [0.29, 0.717) is 6.42 Å². The highest BCUT2D eigenvalue weighted by Gasteiger charge is 2.30. The third-order valence-electron chi connectivity index (χ3n) is 2.89. The summed E-state index contributed by atoms with van der Waals surface area (Å²) in [5.41, 5.74) is 7.02. The van der Waals surface area contributed by atoms with Crippen molar-refractivity contribution in [1.82, 2.24) is 0 Å². The van der Waals surface area contributed by atoms with E-state index in [9.17, 15) is 4.39 Å². The van der Waals surface area contributed by atoms with Crippen LogP contribution in [0.25, 0.3) is 0 Å². The molecule has 0 radical (unpaired) electrons.